The van der Waals surface area contributed by atoms with Crippen molar-refractivity contribution < 1.29 is 4.74 Å². The molecule has 1 aliphatic carbocycles. The molecular formula is C16H22N4O. The summed E-state index contributed by atoms with van der Waals surface area (Å²) in [6.07, 6.45) is 2.51. The summed E-state index contributed by atoms with van der Waals surface area (Å²) < 4.78 is 7.86. The maximum atomic E-state index is 5.71. The average molecular weight is 286 g/mol. The molecule has 5 nitrogen and oxygen atoms in total. The van der Waals surface area contributed by atoms with Crippen LogP contribution in [0.4, 0.5) is 0 Å². The molecule has 0 N–H and O–H groups in total. The highest BCUT2D eigenvalue weighted by atomic mass is 16.5. The van der Waals surface area contributed by atoms with Gasteiger partial charge in [0.15, 0.2) is 0 Å². The Morgan fingerprint density at radius 2 is 2.00 bits per heavy atom. The van der Waals surface area contributed by atoms with E-state index in [1.165, 1.54) is 12.8 Å². The van der Waals surface area contributed by atoms with Crippen LogP contribution < -0.4 is 4.74 Å². The van der Waals surface area contributed by atoms with E-state index in [0.717, 1.165) is 30.5 Å². The highest BCUT2D eigenvalue weighted by Gasteiger charge is 2.29. The summed E-state index contributed by atoms with van der Waals surface area (Å²) >= 11 is 0. The number of para-hydroxylation sites is 1. The van der Waals surface area contributed by atoms with E-state index in [1.807, 2.05) is 30.3 Å². The Bertz CT molecular complexity index is 577. The second kappa shape index (κ2) is 6.26. The number of hydrogen-bond donors (Lipinski definition) is 0. The van der Waals surface area contributed by atoms with Gasteiger partial charge in [0.25, 0.3) is 0 Å². The Kier molecular flexibility index (Phi) is 4.20. The third kappa shape index (κ3) is 3.61. The number of rotatable bonds is 7. The third-order valence-corrected chi connectivity index (χ3v) is 3.84. The zero-order valence-corrected chi connectivity index (χ0v) is 12.7. The molecule has 0 amide bonds. The lowest BCUT2D eigenvalue weighted by Gasteiger charge is -2.16. The van der Waals surface area contributed by atoms with Gasteiger partial charge in [0, 0.05) is 19.5 Å². The Labute approximate surface area is 125 Å². The zero-order chi connectivity index (χ0) is 14.7. The van der Waals surface area contributed by atoms with Crippen molar-refractivity contribution in [3.05, 3.63) is 42.0 Å². The molecule has 1 fully saturated rings. The molecule has 1 aromatic carbocycles. The largest absolute Gasteiger partial charge is 0.492 e. The molecule has 21 heavy (non-hydrogen) atoms. The van der Waals surface area contributed by atoms with E-state index in [4.69, 9.17) is 4.74 Å². The van der Waals surface area contributed by atoms with E-state index in [2.05, 4.69) is 33.8 Å². The van der Waals surface area contributed by atoms with Crippen LogP contribution in [0.1, 0.15) is 30.4 Å². The Hall–Kier alpha value is -1.88. The van der Waals surface area contributed by atoms with Gasteiger partial charge in [-0.2, -0.15) is 0 Å². The van der Waals surface area contributed by atoms with E-state index < -0.39 is 0 Å². The molecule has 0 saturated heterocycles. The van der Waals surface area contributed by atoms with Crippen molar-refractivity contribution in [2.45, 2.75) is 25.3 Å². The van der Waals surface area contributed by atoms with Gasteiger partial charge in [-0.1, -0.05) is 18.2 Å². The number of benzene rings is 1. The Balaban J connectivity index is 1.46. The highest BCUT2D eigenvalue weighted by molar-refractivity contribution is 5.20. The molecule has 1 aromatic heterocycles. The molecule has 1 saturated carbocycles. The molecule has 0 spiro atoms. The van der Waals surface area contributed by atoms with Crippen molar-refractivity contribution in [3.63, 3.8) is 0 Å². The smallest absolute Gasteiger partial charge is 0.146 e. The van der Waals surface area contributed by atoms with Crippen LogP contribution in [-0.4, -0.2) is 39.9 Å². The van der Waals surface area contributed by atoms with Crippen molar-refractivity contribution in [3.8, 4) is 5.75 Å². The van der Waals surface area contributed by atoms with E-state index >= 15 is 0 Å². The standard InChI is InChI=1S/C16H22N4O/c1-19(10-11-21-14-6-4-3-5-7-14)12-15-17-18-16(20(15)2)13-8-9-13/h3-7,13H,8-12H2,1-2H3. The zero-order valence-electron chi connectivity index (χ0n) is 12.7. The van der Waals surface area contributed by atoms with Gasteiger partial charge < -0.3 is 9.30 Å². The summed E-state index contributed by atoms with van der Waals surface area (Å²) in [5.74, 6) is 3.72. The molecule has 0 radical (unpaired) electrons. The van der Waals surface area contributed by atoms with Gasteiger partial charge in [0.1, 0.15) is 24.0 Å². The van der Waals surface area contributed by atoms with Gasteiger partial charge in [-0.25, -0.2) is 0 Å². The van der Waals surface area contributed by atoms with Crippen molar-refractivity contribution in [1.29, 1.82) is 0 Å². The summed E-state index contributed by atoms with van der Waals surface area (Å²) in [7, 11) is 4.15. The molecule has 0 bridgehead atoms. The van der Waals surface area contributed by atoms with Gasteiger partial charge in [0.05, 0.1) is 6.54 Å². The predicted molar refractivity (Wildman–Crippen MR) is 81.2 cm³/mol. The normalized spacial score (nSPS) is 14.6. The average Bonchev–Trinajstić information content (AvgIpc) is 3.26. The molecular weight excluding hydrogens is 264 g/mol. The summed E-state index contributed by atoms with van der Waals surface area (Å²) in [6.45, 7) is 2.34. The van der Waals surface area contributed by atoms with Crippen LogP contribution in [0.25, 0.3) is 0 Å². The van der Waals surface area contributed by atoms with Crippen LogP contribution in [-0.2, 0) is 13.6 Å². The second-order valence-corrected chi connectivity index (χ2v) is 5.71. The minimum absolute atomic E-state index is 0.642. The summed E-state index contributed by atoms with van der Waals surface area (Å²) in [4.78, 5) is 2.21. The fourth-order valence-electron chi connectivity index (χ4n) is 2.37. The number of hydrogen-bond acceptors (Lipinski definition) is 4. The first-order chi connectivity index (χ1) is 10.2. The fourth-order valence-corrected chi connectivity index (χ4v) is 2.37. The topological polar surface area (TPSA) is 43.2 Å². The molecule has 0 aliphatic heterocycles. The monoisotopic (exact) mass is 286 g/mol. The van der Waals surface area contributed by atoms with Gasteiger partial charge in [-0.05, 0) is 32.0 Å². The molecule has 0 atom stereocenters. The highest BCUT2D eigenvalue weighted by Crippen LogP contribution is 2.38. The summed E-state index contributed by atoms with van der Waals surface area (Å²) in [6, 6.07) is 9.91. The molecule has 5 heteroatoms. The Morgan fingerprint density at radius 3 is 2.71 bits per heavy atom. The summed E-state index contributed by atoms with van der Waals surface area (Å²) in [5.41, 5.74) is 0. The van der Waals surface area contributed by atoms with Crippen LogP contribution in [0.2, 0.25) is 0 Å². The third-order valence-electron chi connectivity index (χ3n) is 3.84. The predicted octanol–water partition coefficient (Wildman–Crippen LogP) is 2.20. The van der Waals surface area contributed by atoms with Crippen molar-refractivity contribution in [1.82, 2.24) is 19.7 Å². The SMILES string of the molecule is CN(CCOc1ccccc1)Cc1nnc(C2CC2)n1C. The summed E-state index contributed by atoms with van der Waals surface area (Å²) in [5, 5.41) is 8.63. The molecule has 3 rings (SSSR count). The minimum Gasteiger partial charge on any atom is -0.492 e. The van der Waals surface area contributed by atoms with Crippen LogP contribution in [0.15, 0.2) is 30.3 Å². The number of aromatic nitrogens is 3. The lowest BCUT2D eigenvalue weighted by Crippen LogP contribution is -2.25. The first-order valence-corrected chi connectivity index (χ1v) is 7.48. The van der Waals surface area contributed by atoms with E-state index in [-0.39, 0.29) is 0 Å². The lowest BCUT2D eigenvalue weighted by atomic mass is 10.3. The van der Waals surface area contributed by atoms with Gasteiger partial charge >= 0.3 is 0 Å². The first-order valence-electron chi connectivity index (χ1n) is 7.48. The van der Waals surface area contributed by atoms with Crippen LogP contribution in [0.3, 0.4) is 0 Å². The molecule has 0 unspecified atom stereocenters. The maximum Gasteiger partial charge on any atom is 0.146 e. The molecule has 1 aliphatic rings. The van der Waals surface area contributed by atoms with E-state index in [0.29, 0.717) is 12.5 Å². The van der Waals surface area contributed by atoms with Crippen molar-refractivity contribution in [2.75, 3.05) is 20.2 Å². The molecule has 112 valence electrons. The van der Waals surface area contributed by atoms with Crippen LogP contribution in [0.5, 0.6) is 5.75 Å². The van der Waals surface area contributed by atoms with Gasteiger partial charge in [-0.3, -0.25) is 4.90 Å². The van der Waals surface area contributed by atoms with Crippen molar-refractivity contribution >= 4 is 0 Å². The van der Waals surface area contributed by atoms with E-state index in [9.17, 15) is 0 Å². The lowest BCUT2D eigenvalue weighted by molar-refractivity contribution is 0.228. The van der Waals surface area contributed by atoms with Gasteiger partial charge in [0.2, 0.25) is 0 Å². The molecule has 2 aromatic rings. The first kappa shape index (κ1) is 14.1. The van der Waals surface area contributed by atoms with Gasteiger partial charge in [-0.15, -0.1) is 10.2 Å². The number of nitrogens with zero attached hydrogens (tertiary/aromatic N) is 4. The van der Waals surface area contributed by atoms with Crippen LogP contribution in [0, 0.1) is 0 Å². The number of ether oxygens (including phenoxy) is 1. The van der Waals surface area contributed by atoms with Crippen molar-refractivity contribution in [2.24, 2.45) is 7.05 Å². The Morgan fingerprint density at radius 1 is 1.24 bits per heavy atom. The second-order valence-electron chi connectivity index (χ2n) is 5.71. The van der Waals surface area contributed by atoms with E-state index in [1.54, 1.807) is 0 Å². The number of likely N-dealkylation sites (N-methyl/N-ethyl adjacent to an activating group) is 1. The maximum absolute atomic E-state index is 5.71. The quantitative estimate of drug-likeness (QED) is 0.782. The molecule has 1 heterocycles. The fraction of sp³-hybridized carbons (Fsp3) is 0.500. The minimum atomic E-state index is 0.642. The van der Waals surface area contributed by atoms with Crippen LogP contribution >= 0.6 is 0 Å².